The van der Waals surface area contributed by atoms with Gasteiger partial charge in [0.1, 0.15) is 18.7 Å². The minimum absolute atomic E-state index is 0.850. The van der Waals surface area contributed by atoms with Gasteiger partial charge in [0.2, 0.25) is 0 Å². The van der Waals surface area contributed by atoms with Crippen molar-refractivity contribution in [2.75, 3.05) is 23.4 Å². The molecule has 0 radical (unpaired) electrons. The molecule has 0 unspecified atom stereocenters. The molecule has 3 aromatic carbocycles. The highest BCUT2D eigenvalue weighted by Crippen LogP contribution is 2.30. The molecule has 2 aliphatic rings. The predicted molar refractivity (Wildman–Crippen MR) is 230 cm³/mol. The molecule has 0 saturated carbocycles. The van der Waals surface area contributed by atoms with Crippen LogP contribution in [0.2, 0.25) is 0 Å². The first-order chi connectivity index (χ1) is 26.1. The molecule has 0 fully saturated rings. The Morgan fingerprint density at radius 1 is 0.611 bits per heavy atom. The van der Waals surface area contributed by atoms with E-state index >= 15 is 0 Å². The Bertz CT molecular complexity index is 2090. The molecule has 284 valence electrons. The molecule has 2 aromatic heterocycles. The lowest BCUT2D eigenvalue weighted by atomic mass is 9.95. The van der Waals surface area contributed by atoms with E-state index in [2.05, 4.69) is 183 Å². The molecule has 0 atom stereocenters. The van der Waals surface area contributed by atoms with Gasteiger partial charge in [-0.3, -0.25) is 0 Å². The van der Waals surface area contributed by atoms with Crippen LogP contribution in [0.15, 0.2) is 101 Å². The predicted octanol–water partition coefficient (Wildman–Crippen LogP) is 9.81. The molecular weight excluding hydrogens is 661 g/mol. The van der Waals surface area contributed by atoms with Crippen LogP contribution >= 0.6 is 0 Å². The number of anilines is 2. The van der Waals surface area contributed by atoms with Crippen molar-refractivity contribution in [2.45, 2.75) is 102 Å². The number of aromatic nitrogens is 2. The summed E-state index contributed by atoms with van der Waals surface area (Å²) in [4.78, 5) is 4.39. The van der Waals surface area contributed by atoms with Crippen LogP contribution in [0.25, 0.3) is 0 Å². The number of hydrogen-bond donors (Lipinski definition) is 0. The fourth-order valence-corrected chi connectivity index (χ4v) is 7.33. The van der Waals surface area contributed by atoms with Gasteiger partial charge in [-0.05, 0) is 61.6 Å². The molecule has 0 bridgehead atoms. The highest BCUT2D eigenvalue weighted by Gasteiger charge is 2.26. The fraction of sp³-hybridized carbons (Fsp3) is 0.375. The van der Waals surface area contributed by atoms with Crippen LogP contribution in [0.4, 0.5) is 11.4 Å². The summed E-state index contributed by atoms with van der Waals surface area (Å²) in [7, 11) is 4.21. The molecule has 0 saturated heterocycles. The summed E-state index contributed by atoms with van der Waals surface area (Å²) in [6.07, 6.45) is 2.70. The second-order valence-corrected chi connectivity index (χ2v) is 13.8. The molecule has 7 rings (SSSR count). The number of rotatable bonds is 6. The van der Waals surface area contributed by atoms with Gasteiger partial charge in [0.05, 0.1) is 0 Å². The summed E-state index contributed by atoms with van der Waals surface area (Å²) >= 11 is 0. The van der Waals surface area contributed by atoms with Crippen LogP contribution in [0.3, 0.4) is 0 Å². The van der Waals surface area contributed by atoms with Crippen LogP contribution in [0.1, 0.15) is 96.3 Å². The van der Waals surface area contributed by atoms with Crippen molar-refractivity contribution >= 4 is 23.0 Å². The minimum Gasteiger partial charge on any atom is -0.331 e. The van der Waals surface area contributed by atoms with Gasteiger partial charge < -0.3 is 9.80 Å². The van der Waals surface area contributed by atoms with Gasteiger partial charge in [-0.2, -0.15) is 4.57 Å². The monoisotopic (exact) mass is 725 g/mol. The number of amidine groups is 2. The number of hydrogen-bond acceptors (Lipinski definition) is 2. The van der Waals surface area contributed by atoms with Crippen molar-refractivity contribution in [3.8, 4) is 0 Å². The summed E-state index contributed by atoms with van der Waals surface area (Å²) in [5, 5.41) is 9.17. The Hall–Kier alpha value is -5.10. The molecule has 2 aliphatic heterocycles. The van der Waals surface area contributed by atoms with Crippen LogP contribution in [-0.2, 0) is 32.9 Å². The van der Waals surface area contributed by atoms with Gasteiger partial charge >= 0.3 is 0 Å². The Kier molecular flexibility index (Phi) is 14.9. The summed E-state index contributed by atoms with van der Waals surface area (Å²) in [6.45, 7) is 25.4. The second-order valence-electron chi connectivity index (χ2n) is 13.8. The molecule has 0 N–H and O–H groups in total. The van der Waals surface area contributed by atoms with Crippen LogP contribution < -0.4 is 18.9 Å². The van der Waals surface area contributed by atoms with E-state index in [4.69, 9.17) is 0 Å². The lowest BCUT2D eigenvalue weighted by Crippen LogP contribution is -2.42. The minimum atomic E-state index is 0.850. The van der Waals surface area contributed by atoms with Crippen molar-refractivity contribution in [1.82, 2.24) is 0 Å². The quantitative estimate of drug-likeness (QED) is 0.129. The zero-order chi connectivity index (χ0) is 39.5. The third kappa shape index (κ3) is 9.15. The highest BCUT2D eigenvalue weighted by atomic mass is 15.4. The lowest BCUT2D eigenvalue weighted by Gasteiger charge is -2.17. The number of aryl methyl sites for hydroxylation is 2. The molecule has 6 heteroatoms. The first-order valence-corrected chi connectivity index (χ1v) is 19.9. The molecular formula is C48H64N6+2. The third-order valence-electron chi connectivity index (χ3n) is 10.9. The summed E-state index contributed by atoms with van der Waals surface area (Å²) in [5.41, 5.74) is 17.5. The van der Waals surface area contributed by atoms with Gasteiger partial charge in [-0.1, -0.05) is 94.4 Å². The van der Waals surface area contributed by atoms with Gasteiger partial charge in [0, 0.05) is 94.3 Å². The molecule has 0 spiro atoms. The molecule has 54 heavy (non-hydrogen) atoms. The van der Waals surface area contributed by atoms with E-state index in [1.807, 2.05) is 27.7 Å². The van der Waals surface area contributed by atoms with Crippen molar-refractivity contribution in [3.05, 3.63) is 153 Å². The maximum Gasteiger partial charge on any atom is 0.181 e. The number of nitrogens with zero attached hydrogens (tertiary/aromatic N) is 6. The maximum absolute atomic E-state index is 4.59. The van der Waals surface area contributed by atoms with Gasteiger partial charge in [0.25, 0.3) is 0 Å². The average Bonchev–Trinajstić information content (AvgIpc) is 3.74. The van der Waals surface area contributed by atoms with E-state index in [0.717, 1.165) is 44.0 Å². The molecule has 4 heterocycles. The largest absolute Gasteiger partial charge is 0.331 e. The van der Waals surface area contributed by atoms with E-state index in [-0.39, 0.29) is 0 Å². The number of benzene rings is 3. The average molecular weight is 725 g/mol. The van der Waals surface area contributed by atoms with Crippen molar-refractivity contribution in [1.29, 1.82) is 0 Å². The Balaban J connectivity index is 0.000000222. The number of para-hydroxylation sites is 2. The van der Waals surface area contributed by atoms with E-state index < -0.39 is 0 Å². The topological polar surface area (TPSA) is 39.0 Å². The van der Waals surface area contributed by atoms with E-state index in [1.165, 1.54) is 73.1 Å². The van der Waals surface area contributed by atoms with Crippen molar-refractivity contribution < 1.29 is 9.13 Å². The van der Waals surface area contributed by atoms with Gasteiger partial charge in [-0.25, -0.2) is 4.57 Å². The second kappa shape index (κ2) is 19.3. The Morgan fingerprint density at radius 2 is 1.11 bits per heavy atom. The molecule has 5 aromatic rings. The zero-order valence-corrected chi connectivity index (χ0v) is 35.4. The lowest BCUT2D eigenvalue weighted by molar-refractivity contribution is -0.700. The van der Waals surface area contributed by atoms with E-state index in [1.54, 1.807) is 0 Å². The van der Waals surface area contributed by atoms with Crippen LogP contribution in [-0.4, -0.2) is 25.3 Å². The van der Waals surface area contributed by atoms with Crippen molar-refractivity contribution in [2.24, 2.45) is 17.3 Å². The van der Waals surface area contributed by atoms with Gasteiger partial charge in [0.15, 0.2) is 29.3 Å². The number of likely N-dealkylation sites (N-methyl/N-ethyl adjacent to an activating group) is 2. The summed E-state index contributed by atoms with van der Waals surface area (Å²) < 4.78 is 4.71. The van der Waals surface area contributed by atoms with Crippen molar-refractivity contribution in [3.63, 3.8) is 0 Å². The zero-order valence-electron chi connectivity index (χ0n) is 35.4. The first kappa shape index (κ1) is 41.7. The molecule has 6 nitrogen and oxygen atoms in total. The summed E-state index contributed by atoms with van der Waals surface area (Å²) in [6, 6.07) is 32.4. The fourth-order valence-electron chi connectivity index (χ4n) is 7.33. The Labute approximate surface area is 326 Å². The molecule has 0 aliphatic carbocycles. The maximum atomic E-state index is 4.59. The van der Waals surface area contributed by atoms with Crippen LogP contribution in [0, 0.1) is 41.5 Å². The SMILES string of the molecule is CC.CC.CCN1/C(=N\N=C2/Cc3ccccc3N2C)Cc2ccccc21.Cc1c(Cc2cc(C)[n+](Cc3ccccc3)c(C)c2C)cc(C)[n+](C)c1C. The molecule has 0 amide bonds. The van der Waals surface area contributed by atoms with E-state index in [9.17, 15) is 0 Å². The highest BCUT2D eigenvalue weighted by molar-refractivity contribution is 6.07. The number of fused-ring (bicyclic) bond motifs is 2. The first-order valence-electron chi connectivity index (χ1n) is 19.9. The summed E-state index contributed by atoms with van der Waals surface area (Å²) in [5.74, 6) is 2.04. The Morgan fingerprint density at radius 3 is 1.72 bits per heavy atom. The van der Waals surface area contributed by atoms with Crippen LogP contribution in [0.5, 0.6) is 0 Å². The normalized spacial score (nSPS) is 14.1. The smallest absolute Gasteiger partial charge is 0.181 e. The van der Waals surface area contributed by atoms with E-state index in [0.29, 0.717) is 0 Å². The standard InChI is InChI=1S/C25H32N2.C19H20N4.2C2H6/c1-17-13-24(19(3)21(5)26(17)7)15-25-14-18(2)27(22(6)20(25)4)16-23-11-9-8-10-12-23;1-3-23-17-11-7-5-9-15(17)13-19(23)21-20-18-12-14-8-4-6-10-16(14)22(18)2;2*1-2/h8-14H,15-16H2,1-7H3;4-11H,3,12-13H2,1-2H3;2*1-2H3/q+2;;;/b;20-18+,21-19-;;. The number of pyridine rings is 2. The third-order valence-corrected chi connectivity index (χ3v) is 10.9. The van der Waals surface area contributed by atoms with Gasteiger partial charge in [-0.15, -0.1) is 10.2 Å².